The van der Waals surface area contributed by atoms with Gasteiger partial charge in [-0.1, -0.05) is 60.6 Å². The minimum Gasteiger partial charge on any atom is -0.370 e. The van der Waals surface area contributed by atoms with E-state index in [0.29, 0.717) is 18.4 Å². The van der Waals surface area contributed by atoms with Crippen molar-refractivity contribution in [2.24, 2.45) is 5.73 Å². The smallest absolute Gasteiger partial charge is 0.262 e. The minimum atomic E-state index is -0.279. The molecule has 0 fully saturated rings. The van der Waals surface area contributed by atoms with Gasteiger partial charge in [-0.15, -0.1) is 0 Å². The van der Waals surface area contributed by atoms with E-state index in [2.05, 4.69) is 12.1 Å². The molecule has 5 nitrogen and oxygen atoms in total. The third kappa shape index (κ3) is 5.20. The molecule has 140 valence electrons. The van der Waals surface area contributed by atoms with Crippen molar-refractivity contribution in [2.45, 2.75) is 43.1 Å². The van der Waals surface area contributed by atoms with E-state index in [1.165, 1.54) is 5.56 Å². The van der Waals surface area contributed by atoms with Crippen LogP contribution in [0.4, 0.5) is 0 Å². The lowest BCUT2D eigenvalue weighted by Gasteiger charge is -2.13. The van der Waals surface area contributed by atoms with E-state index in [9.17, 15) is 9.59 Å². The Balaban J connectivity index is 1.80. The van der Waals surface area contributed by atoms with Crippen molar-refractivity contribution >= 4 is 28.6 Å². The van der Waals surface area contributed by atoms with E-state index in [4.69, 9.17) is 10.7 Å². The van der Waals surface area contributed by atoms with Crippen LogP contribution < -0.4 is 11.3 Å². The number of rotatable bonds is 9. The Morgan fingerprint density at radius 1 is 1.00 bits per heavy atom. The van der Waals surface area contributed by atoms with Crippen LogP contribution in [0.1, 0.15) is 31.2 Å². The fraction of sp³-hybridized carbons (Fsp3) is 0.286. The van der Waals surface area contributed by atoms with Crippen LogP contribution in [0.3, 0.4) is 0 Å². The van der Waals surface area contributed by atoms with Gasteiger partial charge >= 0.3 is 0 Å². The third-order valence-corrected chi connectivity index (χ3v) is 5.39. The van der Waals surface area contributed by atoms with Gasteiger partial charge in [0.15, 0.2) is 5.16 Å². The number of hydrogen-bond donors (Lipinski definition) is 1. The lowest BCUT2D eigenvalue weighted by atomic mass is 10.2. The summed E-state index contributed by atoms with van der Waals surface area (Å²) in [6, 6.07) is 17.6. The molecular weight excluding hydrogens is 358 g/mol. The number of primary amides is 1. The van der Waals surface area contributed by atoms with E-state index in [0.717, 1.165) is 35.7 Å². The maximum Gasteiger partial charge on any atom is 0.262 e. The van der Waals surface area contributed by atoms with Crippen LogP contribution in [0, 0.1) is 0 Å². The van der Waals surface area contributed by atoms with Crippen molar-refractivity contribution in [2.75, 3.05) is 0 Å². The molecule has 0 atom stereocenters. The molecule has 3 aromatic rings. The van der Waals surface area contributed by atoms with Gasteiger partial charge in [0.05, 0.1) is 10.9 Å². The number of aromatic nitrogens is 2. The number of carbonyl (C=O) groups excluding carboxylic acids is 1. The van der Waals surface area contributed by atoms with Crippen molar-refractivity contribution in [3.63, 3.8) is 0 Å². The molecule has 0 aliphatic heterocycles. The highest BCUT2D eigenvalue weighted by Gasteiger charge is 2.11. The summed E-state index contributed by atoms with van der Waals surface area (Å²) in [6.45, 7) is 0.590. The minimum absolute atomic E-state index is 0.00828. The van der Waals surface area contributed by atoms with E-state index < -0.39 is 0 Å². The summed E-state index contributed by atoms with van der Waals surface area (Å²) < 4.78 is 1.76. The third-order valence-electron chi connectivity index (χ3n) is 4.34. The normalized spacial score (nSPS) is 11.0. The first kappa shape index (κ1) is 19.2. The van der Waals surface area contributed by atoms with Gasteiger partial charge in [0.1, 0.15) is 0 Å². The molecule has 2 N–H and O–H groups in total. The monoisotopic (exact) mass is 381 g/mol. The van der Waals surface area contributed by atoms with E-state index in [-0.39, 0.29) is 11.5 Å². The van der Waals surface area contributed by atoms with Crippen LogP contribution >= 0.6 is 11.8 Å². The number of para-hydroxylation sites is 1. The Kier molecular flexibility index (Phi) is 6.65. The maximum atomic E-state index is 13.0. The van der Waals surface area contributed by atoms with Crippen LogP contribution in [0.2, 0.25) is 0 Å². The van der Waals surface area contributed by atoms with Crippen LogP contribution in [-0.2, 0) is 17.1 Å². The molecule has 0 aliphatic carbocycles. The number of unbranched alkanes of at least 4 members (excludes halogenated alkanes) is 2. The Bertz CT molecular complexity index is 970. The Labute approximate surface area is 162 Å². The van der Waals surface area contributed by atoms with Crippen molar-refractivity contribution < 1.29 is 4.79 Å². The molecule has 0 saturated carbocycles. The molecule has 0 saturated heterocycles. The quantitative estimate of drug-likeness (QED) is 0.348. The molecule has 3 rings (SSSR count). The Hall–Kier alpha value is -2.60. The number of fused-ring (bicyclic) bond motifs is 1. The van der Waals surface area contributed by atoms with E-state index in [1.807, 2.05) is 42.5 Å². The number of nitrogens with two attached hydrogens (primary N) is 1. The highest BCUT2D eigenvalue weighted by atomic mass is 32.2. The van der Waals surface area contributed by atoms with Crippen LogP contribution in [0.25, 0.3) is 10.9 Å². The molecule has 2 aromatic carbocycles. The number of benzene rings is 2. The van der Waals surface area contributed by atoms with Crippen LogP contribution in [0.5, 0.6) is 0 Å². The fourth-order valence-corrected chi connectivity index (χ4v) is 3.90. The summed E-state index contributed by atoms with van der Waals surface area (Å²) in [5, 5.41) is 1.37. The second kappa shape index (κ2) is 9.37. The number of carbonyl (C=O) groups is 1. The summed E-state index contributed by atoms with van der Waals surface area (Å²) in [6.07, 6.45) is 2.80. The van der Waals surface area contributed by atoms with Gasteiger partial charge in [-0.05, 0) is 30.5 Å². The molecule has 1 aromatic heterocycles. The molecule has 27 heavy (non-hydrogen) atoms. The van der Waals surface area contributed by atoms with Gasteiger partial charge in [0.2, 0.25) is 5.91 Å². The topological polar surface area (TPSA) is 78.0 Å². The summed E-state index contributed by atoms with van der Waals surface area (Å²) in [5.74, 6) is 0.478. The molecule has 6 heteroatoms. The van der Waals surface area contributed by atoms with Gasteiger partial charge in [0.25, 0.3) is 5.56 Å². The van der Waals surface area contributed by atoms with E-state index in [1.54, 1.807) is 16.3 Å². The van der Waals surface area contributed by atoms with Crippen LogP contribution in [-0.4, -0.2) is 15.5 Å². The first-order chi connectivity index (χ1) is 13.1. The van der Waals surface area contributed by atoms with Gasteiger partial charge < -0.3 is 5.73 Å². The first-order valence-corrected chi connectivity index (χ1v) is 10.1. The van der Waals surface area contributed by atoms with Crippen molar-refractivity contribution in [1.82, 2.24) is 9.55 Å². The lowest BCUT2D eigenvalue weighted by Crippen LogP contribution is -2.23. The SMILES string of the molecule is NC(=O)CCCCCn1c(SCc2ccccc2)nc2ccccc2c1=O. The highest BCUT2D eigenvalue weighted by Crippen LogP contribution is 2.22. The summed E-state index contributed by atoms with van der Waals surface area (Å²) in [7, 11) is 0. The van der Waals surface area contributed by atoms with Gasteiger partial charge in [-0.2, -0.15) is 0 Å². The molecule has 0 unspecified atom stereocenters. The Morgan fingerprint density at radius 3 is 2.52 bits per heavy atom. The number of hydrogen-bond acceptors (Lipinski definition) is 4. The second-order valence-electron chi connectivity index (χ2n) is 6.42. The summed E-state index contributed by atoms with van der Waals surface area (Å²) in [4.78, 5) is 28.6. The standard InChI is InChI=1S/C21H23N3O2S/c22-19(25)13-5-2-8-14-24-20(26)17-11-6-7-12-18(17)23-21(24)27-15-16-9-3-1-4-10-16/h1,3-4,6-7,9-12H,2,5,8,13-15H2,(H2,22,25). The number of thioether (sulfide) groups is 1. The zero-order valence-electron chi connectivity index (χ0n) is 15.1. The largest absolute Gasteiger partial charge is 0.370 e. The second-order valence-corrected chi connectivity index (χ2v) is 7.36. The van der Waals surface area contributed by atoms with Crippen LogP contribution in [0.15, 0.2) is 64.5 Å². The summed E-state index contributed by atoms with van der Waals surface area (Å²) >= 11 is 1.58. The predicted octanol–water partition coefficient (Wildman–Crippen LogP) is 3.73. The Morgan fingerprint density at radius 2 is 1.74 bits per heavy atom. The lowest BCUT2D eigenvalue weighted by molar-refractivity contribution is -0.118. The molecule has 0 aliphatic rings. The molecular formula is C21H23N3O2S. The first-order valence-electron chi connectivity index (χ1n) is 9.10. The van der Waals surface area contributed by atoms with Gasteiger partial charge in [-0.3, -0.25) is 14.2 Å². The van der Waals surface area contributed by atoms with Gasteiger partial charge in [0, 0.05) is 18.7 Å². The average Bonchev–Trinajstić information content (AvgIpc) is 2.68. The fourth-order valence-electron chi connectivity index (χ4n) is 2.92. The number of nitrogens with zero attached hydrogens (tertiary/aromatic N) is 2. The summed E-state index contributed by atoms with van der Waals surface area (Å²) in [5.41, 5.74) is 7.09. The average molecular weight is 382 g/mol. The molecule has 1 heterocycles. The van der Waals surface area contributed by atoms with E-state index >= 15 is 0 Å². The van der Waals surface area contributed by atoms with Crippen molar-refractivity contribution in [1.29, 1.82) is 0 Å². The van der Waals surface area contributed by atoms with Crippen molar-refractivity contribution in [3.05, 3.63) is 70.5 Å². The zero-order valence-corrected chi connectivity index (χ0v) is 16.0. The highest BCUT2D eigenvalue weighted by molar-refractivity contribution is 7.98. The van der Waals surface area contributed by atoms with Gasteiger partial charge in [-0.25, -0.2) is 4.98 Å². The zero-order chi connectivity index (χ0) is 19.1. The molecule has 0 spiro atoms. The van der Waals surface area contributed by atoms with Crippen molar-refractivity contribution in [3.8, 4) is 0 Å². The predicted molar refractivity (Wildman–Crippen MR) is 110 cm³/mol. The molecule has 0 radical (unpaired) electrons. The molecule has 0 bridgehead atoms. The molecule has 1 amide bonds. The number of amides is 1. The maximum absolute atomic E-state index is 13.0.